The number of carboxylic acid groups (broad SMARTS) is 2. The first-order chi connectivity index (χ1) is 19.6. The van der Waals surface area contributed by atoms with Crippen LogP contribution in [0, 0.1) is 16.9 Å². The van der Waals surface area contributed by atoms with Crippen molar-refractivity contribution >= 4 is 57.8 Å². The second-order valence-electron chi connectivity index (χ2n) is 8.53. The highest BCUT2D eigenvalue weighted by Gasteiger charge is 2.26. The SMILES string of the molecule is N#CN/C(=N/CCNC(=O)c1ccccc1Cl)NC1CCCC(c2csc(NC(=N)N)n2)C1.O=C(O)/C=C\C(=O)O. The van der Waals surface area contributed by atoms with Crippen LogP contribution in [0.25, 0.3) is 0 Å². The van der Waals surface area contributed by atoms with Crippen LogP contribution in [0.1, 0.15) is 47.7 Å². The molecule has 0 spiro atoms. The van der Waals surface area contributed by atoms with Gasteiger partial charge >= 0.3 is 11.9 Å². The summed E-state index contributed by atoms with van der Waals surface area (Å²) in [6, 6.07) is 6.97. The molecule has 1 aromatic heterocycles. The maximum atomic E-state index is 12.2. The van der Waals surface area contributed by atoms with Gasteiger partial charge in [-0.25, -0.2) is 14.6 Å². The van der Waals surface area contributed by atoms with Gasteiger partial charge in [-0.1, -0.05) is 30.2 Å². The summed E-state index contributed by atoms with van der Waals surface area (Å²) in [4.78, 5) is 40.3. The first-order valence-electron chi connectivity index (χ1n) is 12.3. The van der Waals surface area contributed by atoms with E-state index in [-0.39, 0.29) is 23.8 Å². The molecule has 2 aromatic rings. The zero-order chi connectivity index (χ0) is 30.2. The highest BCUT2D eigenvalue weighted by atomic mass is 35.5. The number of rotatable bonds is 9. The summed E-state index contributed by atoms with van der Waals surface area (Å²) in [5.74, 6) is -2.26. The molecule has 1 aromatic carbocycles. The number of hydrogen-bond acceptors (Lipinski definition) is 8. The molecule has 1 amide bonds. The zero-order valence-corrected chi connectivity index (χ0v) is 23.3. The number of aromatic nitrogens is 1. The lowest BCUT2D eigenvalue weighted by Crippen LogP contribution is -2.44. The highest BCUT2D eigenvalue weighted by Crippen LogP contribution is 2.34. The topological polar surface area (TPSA) is 239 Å². The van der Waals surface area contributed by atoms with Crippen LogP contribution in [0.2, 0.25) is 5.02 Å². The minimum Gasteiger partial charge on any atom is -0.478 e. The van der Waals surface area contributed by atoms with Crippen LogP contribution in [-0.4, -0.2) is 64.1 Å². The van der Waals surface area contributed by atoms with Gasteiger partial charge in [0.25, 0.3) is 5.91 Å². The molecule has 0 bridgehead atoms. The first kappa shape index (κ1) is 32.5. The molecular weight excluding hydrogens is 574 g/mol. The van der Waals surface area contributed by atoms with E-state index in [4.69, 9.17) is 38.2 Å². The number of amides is 1. The van der Waals surface area contributed by atoms with Gasteiger partial charge in [0.05, 0.1) is 22.8 Å². The number of guanidine groups is 2. The van der Waals surface area contributed by atoms with E-state index in [0.717, 1.165) is 31.4 Å². The van der Waals surface area contributed by atoms with Gasteiger partial charge in [-0.3, -0.25) is 20.5 Å². The van der Waals surface area contributed by atoms with Crippen molar-refractivity contribution in [3.63, 3.8) is 0 Å². The molecule has 1 aliphatic rings. The first-order valence-corrected chi connectivity index (χ1v) is 13.5. The summed E-state index contributed by atoms with van der Waals surface area (Å²) in [5, 5.41) is 46.4. The maximum absolute atomic E-state index is 12.2. The fraction of sp³-hybridized carbons (Fsp3) is 0.320. The summed E-state index contributed by atoms with van der Waals surface area (Å²) in [7, 11) is 0. The van der Waals surface area contributed by atoms with Crippen molar-refractivity contribution in [1.82, 2.24) is 20.9 Å². The van der Waals surface area contributed by atoms with E-state index in [1.165, 1.54) is 11.3 Å². The highest BCUT2D eigenvalue weighted by molar-refractivity contribution is 7.13. The fourth-order valence-corrected chi connectivity index (χ4v) is 4.85. The number of nitrogens with two attached hydrogens (primary N) is 1. The Kier molecular flexibility index (Phi) is 13.6. The lowest BCUT2D eigenvalue weighted by atomic mass is 9.84. The average molecular weight is 604 g/mol. The molecule has 0 radical (unpaired) electrons. The van der Waals surface area contributed by atoms with Gasteiger partial charge in [0.1, 0.15) is 0 Å². The Labute approximate surface area is 244 Å². The molecule has 1 aliphatic carbocycles. The van der Waals surface area contributed by atoms with Gasteiger partial charge in [-0.2, -0.15) is 5.26 Å². The van der Waals surface area contributed by atoms with Crippen molar-refractivity contribution in [3.05, 3.63) is 58.1 Å². The average Bonchev–Trinajstić information content (AvgIpc) is 3.38. The van der Waals surface area contributed by atoms with E-state index in [9.17, 15) is 14.4 Å². The van der Waals surface area contributed by atoms with Gasteiger partial charge < -0.3 is 31.9 Å². The lowest BCUT2D eigenvalue weighted by Gasteiger charge is -2.29. The molecule has 2 atom stereocenters. The Balaban J connectivity index is 0.000000642. The zero-order valence-electron chi connectivity index (χ0n) is 21.8. The van der Waals surface area contributed by atoms with E-state index in [1.54, 1.807) is 24.3 Å². The molecule has 0 saturated heterocycles. The van der Waals surface area contributed by atoms with Crippen molar-refractivity contribution < 1.29 is 24.6 Å². The van der Waals surface area contributed by atoms with Gasteiger partial charge in [-0.05, 0) is 31.4 Å². The van der Waals surface area contributed by atoms with E-state index < -0.39 is 11.9 Å². The Morgan fingerprint density at radius 3 is 2.59 bits per heavy atom. The number of thiazole rings is 1. The number of hydrogen-bond donors (Lipinski definition) is 8. The minimum absolute atomic E-state index is 0.131. The van der Waals surface area contributed by atoms with Gasteiger partial charge in [-0.15, -0.1) is 11.3 Å². The van der Waals surface area contributed by atoms with Gasteiger partial charge in [0.2, 0.25) is 5.96 Å². The number of anilines is 1. The summed E-state index contributed by atoms with van der Waals surface area (Å²) in [6.07, 6.45) is 6.86. The van der Waals surface area contributed by atoms with Gasteiger partial charge in [0.15, 0.2) is 17.3 Å². The van der Waals surface area contributed by atoms with Crippen molar-refractivity contribution in [2.75, 3.05) is 18.4 Å². The molecule has 0 aliphatic heterocycles. The second-order valence-corrected chi connectivity index (χ2v) is 9.80. The number of nitrogens with one attached hydrogen (secondary N) is 5. The Morgan fingerprint density at radius 1 is 1.24 bits per heavy atom. The van der Waals surface area contributed by atoms with Crippen molar-refractivity contribution in [1.29, 1.82) is 10.7 Å². The number of nitrogens with zero attached hydrogens (tertiary/aromatic N) is 3. The van der Waals surface area contributed by atoms with E-state index >= 15 is 0 Å². The third-order valence-electron chi connectivity index (χ3n) is 5.53. The standard InChI is InChI=1S/C21H26ClN9OS.C4H4O4/c22-16-7-2-1-6-15(16)18(32)26-8-9-27-20(28-12-23)29-14-5-3-4-13(10-14)17-11-33-21(30-17)31-19(24)25;5-3(6)1-2-4(7)8/h1-2,6-7,11,13-14H,3-5,8-10H2,(H,26,32)(H2,27,28,29)(H4,24,25,30,31);1-2H,(H,5,6)(H,7,8)/b;2-1-. The van der Waals surface area contributed by atoms with E-state index in [1.807, 2.05) is 11.6 Å². The Bertz CT molecular complexity index is 1310. The molecule has 3 rings (SSSR count). The third-order valence-corrected chi connectivity index (χ3v) is 6.63. The van der Waals surface area contributed by atoms with Crippen molar-refractivity contribution in [3.8, 4) is 6.19 Å². The number of carbonyl (C=O) groups is 3. The lowest BCUT2D eigenvalue weighted by molar-refractivity contribution is -0.134. The predicted molar refractivity (Wildman–Crippen MR) is 155 cm³/mol. The number of nitriles is 1. The maximum Gasteiger partial charge on any atom is 0.328 e. The Hall–Kier alpha value is -4.68. The molecule has 9 N–H and O–H groups in total. The predicted octanol–water partition coefficient (Wildman–Crippen LogP) is 2.29. The van der Waals surface area contributed by atoms with Crippen molar-refractivity contribution in [2.45, 2.75) is 37.6 Å². The minimum atomic E-state index is -1.26. The molecule has 218 valence electrons. The van der Waals surface area contributed by atoms with Crippen LogP contribution in [0.3, 0.4) is 0 Å². The molecular formula is C25H30ClN9O5S. The van der Waals surface area contributed by atoms with Gasteiger partial charge in [0, 0.05) is 36.0 Å². The van der Waals surface area contributed by atoms with Crippen LogP contribution in [-0.2, 0) is 9.59 Å². The number of carbonyl (C=O) groups excluding carboxylic acids is 1. The number of benzene rings is 1. The quantitative estimate of drug-likeness (QED) is 0.0516. The van der Waals surface area contributed by atoms with Crippen LogP contribution in [0.5, 0.6) is 0 Å². The fourth-order valence-electron chi connectivity index (χ4n) is 3.82. The monoisotopic (exact) mass is 603 g/mol. The van der Waals surface area contributed by atoms with Crippen LogP contribution < -0.4 is 27.0 Å². The summed E-state index contributed by atoms with van der Waals surface area (Å²) < 4.78 is 0. The van der Waals surface area contributed by atoms with E-state index in [0.29, 0.717) is 46.9 Å². The number of aliphatic carboxylic acids is 2. The number of carboxylic acids is 2. The van der Waals surface area contributed by atoms with Crippen LogP contribution >= 0.6 is 22.9 Å². The molecule has 1 fully saturated rings. The van der Waals surface area contributed by atoms with Crippen LogP contribution in [0.4, 0.5) is 5.13 Å². The molecule has 1 heterocycles. The number of aliphatic imine (C=N–C) groups is 1. The molecule has 14 nitrogen and oxygen atoms in total. The second kappa shape index (κ2) is 17.1. The summed E-state index contributed by atoms with van der Waals surface area (Å²) in [6.45, 7) is 0.607. The van der Waals surface area contributed by atoms with Crippen molar-refractivity contribution in [2.24, 2.45) is 10.7 Å². The smallest absolute Gasteiger partial charge is 0.328 e. The third kappa shape index (κ3) is 12.4. The number of halogens is 1. The summed E-state index contributed by atoms with van der Waals surface area (Å²) >= 11 is 7.47. The Morgan fingerprint density at radius 2 is 1.95 bits per heavy atom. The summed E-state index contributed by atoms with van der Waals surface area (Å²) in [5.41, 5.74) is 6.76. The normalized spacial score (nSPS) is 16.4. The largest absolute Gasteiger partial charge is 0.478 e. The molecule has 16 heteroatoms. The molecule has 41 heavy (non-hydrogen) atoms. The molecule has 2 unspecified atom stereocenters. The van der Waals surface area contributed by atoms with Crippen LogP contribution in [0.15, 0.2) is 46.8 Å². The molecule has 1 saturated carbocycles. The van der Waals surface area contributed by atoms with E-state index in [2.05, 4.69) is 31.2 Å².